The Morgan fingerprint density at radius 1 is 1.33 bits per heavy atom. The molecule has 0 unspecified atom stereocenters. The summed E-state index contributed by atoms with van der Waals surface area (Å²) in [6.07, 6.45) is 0.155. The Hall–Kier alpha value is -2.16. The van der Waals surface area contributed by atoms with Gasteiger partial charge < -0.3 is 14.8 Å². The van der Waals surface area contributed by atoms with Crippen molar-refractivity contribution in [1.82, 2.24) is 5.32 Å². The summed E-state index contributed by atoms with van der Waals surface area (Å²) in [5.74, 6) is -0.100. The number of carbonyl (C=O) groups excluding carboxylic acids is 2. The van der Waals surface area contributed by atoms with Gasteiger partial charge in [0.15, 0.2) is 11.5 Å². The Kier molecular flexibility index (Phi) is 8.68. The fourth-order valence-corrected chi connectivity index (χ4v) is 2.58. The summed E-state index contributed by atoms with van der Waals surface area (Å²) >= 11 is 3.10. The Morgan fingerprint density at radius 3 is 2.52 bits per heavy atom. The van der Waals surface area contributed by atoms with Crippen molar-refractivity contribution in [3.63, 3.8) is 0 Å². The highest BCUT2D eigenvalue weighted by molar-refractivity contribution is 9.09. The molecule has 0 aromatic heterocycles. The molecule has 0 bridgehead atoms. The summed E-state index contributed by atoms with van der Waals surface area (Å²) < 4.78 is 10.7. The zero-order chi connectivity index (χ0) is 20.6. The minimum absolute atomic E-state index is 0.0552. The fraction of sp³-hybridized carbons (Fsp3) is 0.556. The van der Waals surface area contributed by atoms with Crippen LogP contribution in [0.1, 0.15) is 39.7 Å². The molecule has 27 heavy (non-hydrogen) atoms. The van der Waals surface area contributed by atoms with Gasteiger partial charge >= 0.3 is 11.8 Å². The van der Waals surface area contributed by atoms with E-state index in [2.05, 4.69) is 21.2 Å². The SMILES string of the molecule is CCCOc1cc(C[C@H](NC(=O)OC(C)(C)C)C(=O)CBr)ccc1[N+](=O)[O-]. The standard InChI is InChI=1S/C18H25BrN2O6/c1-5-8-26-16-10-12(6-7-14(16)21(24)25)9-13(15(22)11-19)20-17(23)27-18(2,3)4/h6-7,10,13H,5,8-9,11H2,1-4H3,(H,20,23)/t13-/m0/s1. The number of hydrogen-bond acceptors (Lipinski definition) is 6. The molecule has 1 atom stereocenters. The molecule has 0 saturated heterocycles. The van der Waals surface area contributed by atoms with Crippen LogP contribution in [0.3, 0.4) is 0 Å². The number of carbonyl (C=O) groups is 2. The van der Waals surface area contributed by atoms with Crippen LogP contribution in [0.15, 0.2) is 18.2 Å². The van der Waals surface area contributed by atoms with Gasteiger partial charge in [-0.3, -0.25) is 14.9 Å². The number of Topliss-reactive ketones (excluding diaryl/α,β-unsaturated/α-hetero) is 1. The number of ether oxygens (including phenoxy) is 2. The number of alkyl halides is 1. The first-order valence-electron chi connectivity index (χ1n) is 8.55. The van der Waals surface area contributed by atoms with Crippen molar-refractivity contribution >= 4 is 33.5 Å². The number of hydrogen-bond donors (Lipinski definition) is 1. The van der Waals surface area contributed by atoms with Gasteiger partial charge in [0, 0.05) is 12.5 Å². The van der Waals surface area contributed by atoms with Crippen LogP contribution in [0.25, 0.3) is 0 Å². The Labute approximate surface area is 166 Å². The van der Waals surface area contributed by atoms with Crippen LogP contribution < -0.4 is 10.1 Å². The summed E-state index contributed by atoms with van der Waals surface area (Å²) in [6, 6.07) is 3.57. The third-order valence-corrected chi connectivity index (χ3v) is 3.89. The van der Waals surface area contributed by atoms with Crippen molar-refractivity contribution in [2.75, 3.05) is 11.9 Å². The number of amides is 1. The van der Waals surface area contributed by atoms with Crippen molar-refractivity contribution in [2.45, 2.75) is 52.2 Å². The first-order valence-corrected chi connectivity index (χ1v) is 9.67. The van der Waals surface area contributed by atoms with Gasteiger partial charge in [0.05, 0.1) is 22.9 Å². The predicted molar refractivity (Wildman–Crippen MR) is 105 cm³/mol. The summed E-state index contributed by atoms with van der Waals surface area (Å²) in [7, 11) is 0. The van der Waals surface area contributed by atoms with Gasteiger partial charge in [-0.2, -0.15) is 0 Å². The van der Waals surface area contributed by atoms with E-state index in [-0.39, 0.29) is 29.0 Å². The molecule has 9 heteroatoms. The van der Waals surface area contributed by atoms with Crippen molar-refractivity contribution in [2.24, 2.45) is 0 Å². The van der Waals surface area contributed by atoms with E-state index < -0.39 is 22.7 Å². The highest BCUT2D eigenvalue weighted by Crippen LogP contribution is 2.28. The maximum Gasteiger partial charge on any atom is 0.408 e. The maximum atomic E-state index is 12.2. The molecule has 0 heterocycles. The average molecular weight is 445 g/mol. The number of nitrogens with one attached hydrogen (secondary N) is 1. The van der Waals surface area contributed by atoms with E-state index >= 15 is 0 Å². The molecule has 0 aliphatic carbocycles. The highest BCUT2D eigenvalue weighted by Gasteiger charge is 2.25. The molecule has 0 radical (unpaired) electrons. The Bertz CT molecular complexity index is 687. The molecule has 8 nitrogen and oxygen atoms in total. The lowest BCUT2D eigenvalue weighted by atomic mass is 10.0. The molecule has 1 rings (SSSR count). The largest absolute Gasteiger partial charge is 0.487 e. The van der Waals surface area contributed by atoms with E-state index in [4.69, 9.17) is 9.47 Å². The first-order chi connectivity index (χ1) is 12.6. The summed E-state index contributed by atoms with van der Waals surface area (Å²) in [6.45, 7) is 7.40. The van der Waals surface area contributed by atoms with Crippen molar-refractivity contribution in [1.29, 1.82) is 0 Å². The minimum atomic E-state index is -0.834. The zero-order valence-electron chi connectivity index (χ0n) is 15.9. The molecular weight excluding hydrogens is 420 g/mol. The van der Waals surface area contributed by atoms with E-state index in [1.165, 1.54) is 12.1 Å². The van der Waals surface area contributed by atoms with Crippen LogP contribution in [-0.2, 0) is 16.0 Å². The summed E-state index contributed by atoms with van der Waals surface area (Å²) in [5.41, 5.74) is -0.210. The minimum Gasteiger partial charge on any atom is -0.487 e. The number of nitro benzene ring substituents is 1. The van der Waals surface area contributed by atoms with Gasteiger partial charge in [-0.15, -0.1) is 0 Å². The van der Waals surface area contributed by atoms with Crippen LogP contribution in [0, 0.1) is 10.1 Å². The Balaban J connectivity index is 3.01. The quantitative estimate of drug-likeness (QED) is 0.352. The van der Waals surface area contributed by atoms with E-state index in [0.29, 0.717) is 18.6 Å². The number of benzene rings is 1. The van der Waals surface area contributed by atoms with Crippen LogP contribution in [0.4, 0.5) is 10.5 Å². The summed E-state index contributed by atoms with van der Waals surface area (Å²) in [5, 5.41) is 13.8. The lowest BCUT2D eigenvalue weighted by Crippen LogP contribution is -2.45. The molecule has 1 amide bonds. The van der Waals surface area contributed by atoms with Crippen molar-refractivity contribution in [3.8, 4) is 5.75 Å². The first kappa shape index (κ1) is 22.9. The van der Waals surface area contributed by atoms with E-state index in [9.17, 15) is 19.7 Å². The fourth-order valence-electron chi connectivity index (χ4n) is 2.19. The van der Waals surface area contributed by atoms with E-state index in [1.807, 2.05) is 6.92 Å². The predicted octanol–water partition coefficient (Wildman–Crippen LogP) is 3.78. The summed E-state index contributed by atoms with van der Waals surface area (Å²) in [4.78, 5) is 34.8. The highest BCUT2D eigenvalue weighted by atomic mass is 79.9. The number of halogens is 1. The molecule has 0 aliphatic rings. The van der Waals surface area contributed by atoms with Crippen molar-refractivity contribution in [3.05, 3.63) is 33.9 Å². The molecule has 0 saturated carbocycles. The second-order valence-electron chi connectivity index (χ2n) is 6.91. The molecule has 0 spiro atoms. The van der Waals surface area contributed by atoms with Gasteiger partial charge in [0.25, 0.3) is 0 Å². The zero-order valence-corrected chi connectivity index (χ0v) is 17.5. The van der Waals surface area contributed by atoms with Gasteiger partial charge in [0.1, 0.15) is 5.60 Å². The molecule has 150 valence electrons. The van der Waals surface area contributed by atoms with Crippen LogP contribution in [0.2, 0.25) is 0 Å². The number of alkyl carbamates (subject to hydrolysis) is 1. The second-order valence-corrected chi connectivity index (χ2v) is 7.47. The lowest BCUT2D eigenvalue weighted by Gasteiger charge is -2.23. The van der Waals surface area contributed by atoms with Gasteiger partial charge in [-0.05, 0) is 38.8 Å². The molecule has 1 aromatic carbocycles. The normalized spacial score (nSPS) is 12.2. The lowest BCUT2D eigenvalue weighted by molar-refractivity contribution is -0.385. The molecule has 0 aliphatic heterocycles. The second kappa shape index (κ2) is 10.2. The van der Waals surface area contributed by atoms with Gasteiger partial charge in [0.2, 0.25) is 0 Å². The number of nitro groups is 1. The monoisotopic (exact) mass is 444 g/mol. The smallest absolute Gasteiger partial charge is 0.408 e. The van der Waals surface area contributed by atoms with E-state index in [0.717, 1.165) is 0 Å². The van der Waals surface area contributed by atoms with E-state index in [1.54, 1.807) is 26.8 Å². The maximum absolute atomic E-state index is 12.2. The molecule has 0 fully saturated rings. The molecule has 1 N–H and O–H groups in total. The van der Waals surface area contributed by atoms with Gasteiger partial charge in [-0.1, -0.05) is 28.9 Å². The van der Waals surface area contributed by atoms with Gasteiger partial charge in [-0.25, -0.2) is 4.79 Å². The van der Waals surface area contributed by atoms with Crippen LogP contribution >= 0.6 is 15.9 Å². The van der Waals surface area contributed by atoms with Crippen LogP contribution in [-0.4, -0.2) is 40.4 Å². The topological polar surface area (TPSA) is 108 Å². The van der Waals surface area contributed by atoms with Crippen LogP contribution in [0.5, 0.6) is 5.75 Å². The number of nitrogens with zero attached hydrogens (tertiary/aromatic N) is 1. The third kappa shape index (κ3) is 7.94. The third-order valence-electron chi connectivity index (χ3n) is 3.33. The Morgan fingerprint density at radius 2 is 2.00 bits per heavy atom. The average Bonchev–Trinajstić information content (AvgIpc) is 2.56. The van der Waals surface area contributed by atoms with Crippen molar-refractivity contribution < 1.29 is 24.0 Å². The number of ketones is 1. The number of rotatable bonds is 9. The molecular formula is C18H25BrN2O6. The molecule has 1 aromatic rings.